The van der Waals surface area contributed by atoms with E-state index in [2.05, 4.69) is 10.3 Å². The molecule has 32 heavy (non-hydrogen) atoms. The van der Waals surface area contributed by atoms with Gasteiger partial charge in [0.15, 0.2) is 5.11 Å². The summed E-state index contributed by atoms with van der Waals surface area (Å²) in [5.41, 5.74) is 1.69. The van der Waals surface area contributed by atoms with Gasteiger partial charge in [-0.05, 0) is 55.5 Å². The van der Waals surface area contributed by atoms with Crippen molar-refractivity contribution in [2.75, 3.05) is 13.2 Å². The highest BCUT2D eigenvalue weighted by molar-refractivity contribution is 7.80. The van der Waals surface area contributed by atoms with Crippen LogP contribution < -0.4 is 5.32 Å². The normalized spacial score (nSPS) is 17.8. The molecule has 0 radical (unpaired) electrons. The van der Waals surface area contributed by atoms with E-state index in [-0.39, 0.29) is 30.7 Å². The number of carboxylic acids is 1. The van der Waals surface area contributed by atoms with Crippen molar-refractivity contribution in [3.05, 3.63) is 77.8 Å². The van der Waals surface area contributed by atoms with Crippen LogP contribution in [0.25, 0.3) is 11.3 Å². The van der Waals surface area contributed by atoms with Gasteiger partial charge >= 0.3 is 11.9 Å². The van der Waals surface area contributed by atoms with Crippen LogP contribution in [0.15, 0.2) is 65.2 Å². The van der Waals surface area contributed by atoms with Crippen LogP contribution in [-0.2, 0) is 9.53 Å². The first-order chi connectivity index (χ1) is 15.5. The Morgan fingerprint density at radius 3 is 2.62 bits per heavy atom. The van der Waals surface area contributed by atoms with Crippen molar-refractivity contribution in [2.45, 2.75) is 19.0 Å². The summed E-state index contributed by atoms with van der Waals surface area (Å²) in [6.07, 6.45) is 1.70. The van der Waals surface area contributed by atoms with E-state index in [4.69, 9.17) is 26.5 Å². The predicted molar refractivity (Wildman–Crippen MR) is 120 cm³/mol. The van der Waals surface area contributed by atoms with Gasteiger partial charge in [0.25, 0.3) is 0 Å². The van der Waals surface area contributed by atoms with E-state index in [1.165, 1.54) is 12.1 Å². The molecule has 1 aliphatic rings. The largest absolute Gasteiger partial charge is 0.478 e. The summed E-state index contributed by atoms with van der Waals surface area (Å²) < 4.78 is 11.3. The lowest BCUT2D eigenvalue weighted by Gasteiger charge is -2.25. The Hall–Kier alpha value is -3.72. The molecule has 2 N–H and O–H groups in total. The minimum absolute atomic E-state index is 0.0307. The molecule has 1 fully saturated rings. The van der Waals surface area contributed by atoms with Gasteiger partial charge in [-0.15, -0.1) is 0 Å². The van der Waals surface area contributed by atoms with E-state index in [1.807, 2.05) is 30.3 Å². The van der Waals surface area contributed by atoms with Crippen molar-refractivity contribution in [3.8, 4) is 11.3 Å². The van der Waals surface area contributed by atoms with Crippen LogP contribution in [-0.4, -0.2) is 45.2 Å². The molecule has 0 unspecified atom stereocenters. The minimum atomic E-state index is -0.991. The Morgan fingerprint density at radius 2 is 1.97 bits per heavy atom. The van der Waals surface area contributed by atoms with Crippen LogP contribution in [0.4, 0.5) is 0 Å². The van der Waals surface area contributed by atoms with Crippen molar-refractivity contribution in [1.29, 1.82) is 0 Å². The fourth-order valence-corrected chi connectivity index (χ4v) is 3.98. The molecule has 0 amide bonds. The lowest BCUT2D eigenvalue weighted by molar-refractivity contribution is -0.143. The molecule has 8 nitrogen and oxygen atoms in total. The number of aromatic carboxylic acids is 1. The minimum Gasteiger partial charge on any atom is -0.478 e. The predicted octanol–water partition coefficient (Wildman–Crippen LogP) is 3.58. The summed E-state index contributed by atoms with van der Waals surface area (Å²) in [7, 11) is 0. The second-order valence-electron chi connectivity index (χ2n) is 7.14. The standard InChI is InChI=1S/C23H21N3O5S/c1-2-30-19(27)13-26-21(20(25-23(26)32)16-5-3-4-12-24-16)18-11-10-17(31-18)14-6-8-15(9-7-14)22(28)29/h3-12,20-21H,2,13H2,1H3,(H,25,32)(H,28,29)/t20-,21-/m1/s1. The summed E-state index contributed by atoms with van der Waals surface area (Å²) in [5.74, 6) is -0.213. The first-order valence-corrected chi connectivity index (χ1v) is 10.5. The Balaban J connectivity index is 1.68. The van der Waals surface area contributed by atoms with Gasteiger partial charge in [0.05, 0.1) is 23.9 Å². The van der Waals surface area contributed by atoms with Gasteiger partial charge in [-0.25, -0.2) is 4.79 Å². The van der Waals surface area contributed by atoms with Crippen LogP contribution in [0.5, 0.6) is 0 Å². The molecule has 1 aromatic carbocycles. The molecule has 1 saturated heterocycles. The van der Waals surface area contributed by atoms with Gasteiger partial charge < -0.3 is 24.5 Å². The van der Waals surface area contributed by atoms with Gasteiger partial charge in [0, 0.05) is 11.8 Å². The average Bonchev–Trinajstić information content (AvgIpc) is 3.40. The zero-order valence-electron chi connectivity index (χ0n) is 17.2. The van der Waals surface area contributed by atoms with Gasteiger partial charge in [0.1, 0.15) is 24.1 Å². The third-order valence-electron chi connectivity index (χ3n) is 5.14. The molecule has 2 atom stereocenters. The van der Waals surface area contributed by atoms with Crippen molar-refractivity contribution in [3.63, 3.8) is 0 Å². The van der Waals surface area contributed by atoms with Crippen LogP contribution in [0, 0.1) is 0 Å². The smallest absolute Gasteiger partial charge is 0.335 e. The second-order valence-corrected chi connectivity index (χ2v) is 7.53. The summed E-state index contributed by atoms with van der Waals surface area (Å²) in [6.45, 7) is 2.00. The lowest BCUT2D eigenvalue weighted by Crippen LogP contribution is -2.35. The zero-order valence-corrected chi connectivity index (χ0v) is 18.0. The molecule has 3 aromatic rings. The Bertz CT molecular complexity index is 1130. The summed E-state index contributed by atoms with van der Waals surface area (Å²) in [6, 6.07) is 14.9. The maximum absolute atomic E-state index is 12.2. The fraction of sp³-hybridized carbons (Fsp3) is 0.217. The maximum Gasteiger partial charge on any atom is 0.335 e. The highest BCUT2D eigenvalue weighted by atomic mass is 32.1. The Labute approximate surface area is 189 Å². The number of carbonyl (C=O) groups is 2. The average molecular weight is 452 g/mol. The van der Waals surface area contributed by atoms with E-state index in [1.54, 1.807) is 30.2 Å². The quantitative estimate of drug-likeness (QED) is 0.412. The topological polar surface area (TPSA) is 105 Å². The van der Waals surface area contributed by atoms with E-state index in [0.717, 1.165) is 11.3 Å². The molecule has 3 heterocycles. The van der Waals surface area contributed by atoms with Gasteiger partial charge in [-0.3, -0.25) is 9.78 Å². The highest BCUT2D eigenvalue weighted by Gasteiger charge is 2.42. The van der Waals surface area contributed by atoms with E-state index in [9.17, 15) is 9.59 Å². The van der Waals surface area contributed by atoms with Crippen LogP contribution >= 0.6 is 12.2 Å². The highest BCUT2D eigenvalue weighted by Crippen LogP contribution is 2.40. The number of benzene rings is 1. The maximum atomic E-state index is 12.2. The van der Waals surface area contributed by atoms with Crippen molar-refractivity contribution in [1.82, 2.24) is 15.2 Å². The van der Waals surface area contributed by atoms with Crippen LogP contribution in [0.3, 0.4) is 0 Å². The van der Waals surface area contributed by atoms with E-state index < -0.39 is 12.0 Å². The number of furan rings is 1. The SMILES string of the molecule is CCOC(=O)CN1C(=S)N[C@H](c2ccccn2)[C@H]1c1ccc(-c2ccc(C(=O)O)cc2)o1. The van der Waals surface area contributed by atoms with Crippen molar-refractivity contribution in [2.24, 2.45) is 0 Å². The molecule has 0 bridgehead atoms. The van der Waals surface area contributed by atoms with Gasteiger partial charge in [0.2, 0.25) is 0 Å². The first kappa shape index (κ1) is 21.5. The molecular weight excluding hydrogens is 430 g/mol. The van der Waals surface area contributed by atoms with Crippen LogP contribution in [0.1, 0.15) is 40.8 Å². The van der Waals surface area contributed by atoms with Gasteiger partial charge in [-0.2, -0.15) is 0 Å². The molecule has 0 aliphatic carbocycles. The molecular formula is C23H21N3O5S. The molecule has 0 spiro atoms. The number of hydrogen-bond acceptors (Lipinski definition) is 6. The number of thiocarbonyl (C=S) groups is 1. The van der Waals surface area contributed by atoms with E-state index in [0.29, 0.717) is 16.6 Å². The van der Waals surface area contributed by atoms with E-state index >= 15 is 0 Å². The Morgan fingerprint density at radius 1 is 1.19 bits per heavy atom. The third kappa shape index (κ3) is 4.33. The summed E-state index contributed by atoms with van der Waals surface area (Å²) in [5, 5.41) is 12.8. The zero-order chi connectivity index (χ0) is 22.7. The second kappa shape index (κ2) is 9.19. The fourth-order valence-electron chi connectivity index (χ4n) is 3.67. The number of carbonyl (C=O) groups excluding carboxylic acids is 1. The number of nitrogens with one attached hydrogen (secondary N) is 1. The number of rotatable bonds is 7. The number of esters is 1. The van der Waals surface area contributed by atoms with Crippen LogP contribution in [0.2, 0.25) is 0 Å². The third-order valence-corrected chi connectivity index (χ3v) is 5.49. The number of pyridine rings is 1. The summed E-state index contributed by atoms with van der Waals surface area (Å²) >= 11 is 5.52. The first-order valence-electron chi connectivity index (χ1n) is 10.0. The summed E-state index contributed by atoms with van der Waals surface area (Å²) in [4.78, 5) is 29.5. The molecule has 1 aliphatic heterocycles. The molecule has 2 aromatic heterocycles. The number of hydrogen-bond donors (Lipinski definition) is 2. The number of nitrogens with zero attached hydrogens (tertiary/aromatic N) is 2. The number of aromatic nitrogens is 1. The number of carboxylic acid groups (broad SMARTS) is 1. The van der Waals surface area contributed by atoms with Gasteiger partial charge in [-0.1, -0.05) is 18.2 Å². The monoisotopic (exact) mass is 451 g/mol. The van der Waals surface area contributed by atoms with Crippen molar-refractivity contribution >= 4 is 29.3 Å². The molecule has 0 saturated carbocycles. The lowest BCUT2D eigenvalue weighted by atomic mass is 10.0. The molecule has 164 valence electrons. The molecule has 9 heteroatoms. The van der Waals surface area contributed by atoms with Crippen molar-refractivity contribution < 1.29 is 23.8 Å². The number of ether oxygens (including phenoxy) is 1. The molecule has 4 rings (SSSR count). The Kier molecular flexibility index (Phi) is 6.18.